The molecule has 1 aliphatic carbocycles. The lowest BCUT2D eigenvalue weighted by Crippen LogP contribution is -2.06. The molecular formula is C15H21N3. The topological polar surface area (TPSA) is 37.8 Å². The third-order valence-electron chi connectivity index (χ3n) is 3.45. The van der Waals surface area contributed by atoms with Crippen LogP contribution in [0.25, 0.3) is 0 Å². The number of hydrogen-bond donors (Lipinski definition) is 1. The van der Waals surface area contributed by atoms with E-state index in [1.54, 1.807) is 0 Å². The molecule has 96 valence electrons. The number of nitrogens with zero attached hydrogens (tertiary/aromatic N) is 2. The van der Waals surface area contributed by atoms with Crippen molar-refractivity contribution in [2.45, 2.75) is 45.4 Å². The van der Waals surface area contributed by atoms with Crippen LogP contribution in [-0.2, 0) is 0 Å². The molecule has 1 heterocycles. The number of anilines is 1. The molecule has 0 aliphatic heterocycles. The van der Waals surface area contributed by atoms with Crippen molar-refractivity contribution >= 4 is 5.95 Å². The van der Waals surface area contributed by atoms with E-state index < -0.39 is 0 Å². The fourth-order valence-corrected chi connectivity index (χ4v) is 2.43. The van der Waals surface area contributed by atoms with Gasteiger partial charge in [0.25, 0.3) is 0 Å². The van der Waals surface area contributed by atoms with E-state index in [-0.39, 0.29) is 0 Å². The second-order valence-corrected chi connectivity index (χ2v) is 4.89. The zero-order valence-corrected chi connectivity index (χ0v) is 11.2. The van der Waals surface area contributed by atoms with E-state index in [2.05, 4.69) is 21.9 Å². The van der Waals surface area contributed by atoms with E-state index in [1.165, 1.54) is 31.4 Å². The summed E-state index contributed by atoms with van der Waals surface area (Å²) in [5.41, 5.74) is 3.15. The summed E-state index contributed by atoms with van der Waals surface area (Å²) in [5, 5.41) is 3.23. The third kappa shape index (κ3) is 2.97. The van der Waals surface area contributed by atoms with Gasteiger partial charge in [0.05, 0.1) is 0 Å². The minimum absolute atomic E-state index is 0.618. The van der Waals surface area contributed by atoms with Gasteiger partial charge in [-0.25, -0.2) is 9.97 Å². The number of nitrogens with one attached hydrogen (secondary N) is 1. The molecule has 3 nitrogen and oxygen atoms in total. The van der Waals surface area contributed by atoms with Gasteiger partial charge >= 0.3 is 0 Å². The minimum atomic E-state index is 0.618. The fourth-order valence-electron chi connectivity index (χ4n) is 2.43. The molecule has 18 heavy (non-hydrogen) atoms. The number of rotatable bonds is 4. The van der Waals surface area contributed by atoms with Crippen molar-refractivity contribution in [1.82, 2.24) is 9.97 Å². The highest BCUT2D eigenvalue weighted by Gasteiger charge is 2.18. The molecule has 0 unspecified atom stereocenters. The Morgan fingerprint density at radius 3 is 2.78 bits per heavy atom. The Morgan fingerprint density at radius 1 is 1.44 bits per heavy atom. The molecule has 1 fully saturated rings. The first-order valence-corrected chi connectivity index (χ1v) is 6.63. The standard InChI is InChI=1S/C15H21N3/c1-4-13(11(2)3)17-15-16-10-9-14(18-15)12-7-5-6-8-12/h4,9-10,12H,2,5-8H2,1,3H3,(H,16,17,18)/b13-4+. The zero-order chi connectivity index (χ0) is 13.0. The van der Waals surface area contributed by atoms with E-state index in [1.807, 2.05) is 32.2 Å². The first-order valence-electron chi connectivity index (χ1n) is 6.63. The number of hydrogen-bond acceptors (Lipinski definition) is 3. The maximum atomic E-state index is 4.62. The van der Waals surface area contributed by atoms with Gasteiger partial charge in [0, 0.05) is 23.5 Å². The van der Waals surface area contributed by atoms with Gasteiger partial charge in [0.1, 0.15) is 0 Å². The molecule has 0 amide bonds. The van der Waals surface area contributed by atoms with Gasteiger partial charge in [-0.3, -0.25) is 0 Å². The minimum Gasteiger partial charge on any atom is -0.324 e. The molecule has 1 aromatic heterocycles. The summed E-state index contributed by atoms with van der Waals surface area (Å²) in [6.07, 6.45) is 9.00. The van der Waals surface area contributed by atoms with Crippen molar-refractivity contribution in [2.75, 3.05) is 5.32 Å². The van der Waals surface area contributed by atoms with Crippen LogP contribution < -0.4 is 5.32 Å². The molecule has 0 bridgehead atoms. The molecule has 1 aliphatic rings. The van der Waals surface area contributed by atoms with Gasteiger partial charge in [0.2, 0.25) is 5.95 Å². The first-order chi connectivity index (χ1) is 8.70. The van der Waals surface area contributed by atoms with Gasteiger partial charge in [0.15, 0.2) is 0 Å². The fraction of sp³-hybridized carbons (Fsp3) is 0.467. The highest BCUT2D eigenvalue weighted by Crippen LogP contribution is 2.33. The van der Waals surface area contributed by atoms with Crippen molar-refractivity contribution in [3.8, 4) is 0 Å². The molecule has 1 saturated carbocycles. The molecule has 1 N–H and O–H groups in total. The summed E-state index contributed by atoms with van der Waals surface area (Å²) in [6.45, 7) is 7.90. The van der Waals surface area contributed by atoms with E-state index in [4.69, 9.17) is 0 Å². The lowest BCUT2D eigenvalue weighted by molar-refractivity contribution is 0.695. The Labute approximate surface area is 109 Å². The Bertz CT molecular complexity index is 457. The van der Waals surface area contributed by atoms with Crippen LogP contribution in [0.4, 0.5) is 5.95 Å². The summed E-state index contributed by atoms with van der Waals surface area (Å²) >= 11 is 0. The monoisotopic (exact) mass is 243 g/mol. The highest BCUT2D eigenvalue weighted by atomic mass is 15.1. The van der Waals surface area contributed by atoms with E-state index in [9.17, 15) is 0 Å². The largest absolute Gasteiger partial charge is 0.324 e. The second kappa shape index (κ2) is 5.80. The normalized spacial score (nSPS) is 16.9. The van der Waals surface area contributed by atoms with Crippen LogP contribution >= 0.6 is 0 Å². The molecule has 0 saturated heterocycles. The number of aromatic nitrogens is 2. The van der Waals surface area contributed by atoms with Gasteiger partial charge < -0.3 is 5.32 Å². The van der Waals surface area contributed by atoms with E-state index in [0.717, 1.165) is 11.3 Å². The average molecular weight is 243 g/mol. The summed E-state index contributed by atoms with van der Waals surface area (Å²) in [5.74, 6) is 1.29. The van der Waals surface area contributed by atoms with Crippen LogP contribution in [0.15, 0.2) is 36.2 Å². The molecule has 0 atom stereocenters. The highest BCUT2D eigenvalue weighted by molar-refractivity contribution is 5.43. The summed E-state index contributed by atoms with van der Waals surface area (Å²) in [4.78, 5) is 8.90. The molecule has 1 aromatic rings. The lowest BCUT2D eigenvalue weighted by Gasteiger charge is -2.12. The van der Waals surface area contributed by atoms with Gasteiger partial charge in [-0.1, -0.05) is 25.5 Å². The first kappa shape index (κ1) is 12.8. The molecule has 0 radical (unpaired) electrons. The smallest absolute Gasteiger partial charge is 0.227 e. The van der Waals surface area contributed by atoms with Gasteiger partial charge in [-0.15, -0.1) is 0 Å². The quantitative estimate of drug-likeness (QED) is 0.811. The van der Waals surface area contributed by atoms with E-state index in [0.29, 0.717) is 11.9 Å². The molecule has 3 heteroatoms. The molecule has 0 aromatic carbocycles. The van der Waals surface area contributed by atoms with Crippen LogP contribution in [0.2, 0.25) is 0 Å². The predicted octanol–water partition coefficient (Wildman–Crippen LogP) is 4.03. The van der Waals surface area contributed by atoms with Crippen LogP contribution in [0.3, 0.4) is 0 Å². The predicted molar refractivity (Wildman–Crippen MR) is 75.4 cm³/mol. The van der Waals surface area contributed by atoms with Crippen molar-refractivity contribution < 1.29 is 0 Å². The Hall–Kier alpha value is -1.64. The van der Waals surface area contributed by atoms with Gasteiger partial charge in [-0.2, -0.15) is 0 Å². The summed E-state index contributed by atoms with van der Waals surface area (Å²) < 4.78 is 0. The number of allylic oxidation sites excluding steroid dienone is 2. The summed E-state index contributed by atoms with van der Waals surface area (Å²) in [7, 11) is 0. The maximum absolute atomic E-state index is 4.62. The van der Waals surface area contributed by atoms with Crippen molar-refractivity contribution in [1.29, 1.82) is 0 Å². The van der Waals surface area contributed by atoms with E-state index >= 15 is 0 Å². The molecular weight excluding hydrogens is 222 g/mol. The Balaban J connectivity index is 2.14. The van der Waals surface area contributed by atoms with Crippen LogP contribution in [0, 0.1) is 0 Å². The Kier molecular flexibility index (Phi) is 4.13. The SMILES string of the molecule is C=C(C)/C(=C\C)Nc1nccc(C2CCCC2)n1. The molecule has 2 rings (SSSR count). The molecule has 0 spiro atoms. The van der Waals surface area contributed by atoms with Crippen molar-refractivity contribution in [3.63, 3.8) is 0 Å². The lowest BCUT2D eigenvalue weighted by atomic mass is 10.0. The van der Waals surface area contributed by atoms with Crippen LogP contribution in [0.5, 0.6) is 0 Å². The third-order valence-corrected chi connectivity index (χ3v) is 3.45. The van der Waals surface area contributed by atoms with Gasteiger partial charge in [-0.05, 0) is 38.3 Å². The van der Waals surface area contributed by atoms with Crippen LogP contribution in [-0.4, -0.2) is 9.97 Å². The second-order valence-electron chi connectivity index (χ2n) is 4.89. The maximum Gasteiger partial charge on any atom is 0.227 e. The Morgan fingerprint density at radius 2 is 2.17 bits per heavy atom. The average Bonchev–Trinajstić information content (AvgIpc) is 2.90. The zero-order valence-electron chi connectivity index (χ0n) is 11.2. The van der Waals surface area contributed by atoms with Crippen molar-refractivity contribution in [3.05, 3.63) is 41.9 Å². The van der Waals surface area contributed by atoms with Crippen molar-refractivity contribution in [2.24, 2.45) is 0 Å². The van der Waals surface area contributed by atoms with Crippen LogP contribution in [0.1, 0.15) is 51.1 Å². The summed E-state index contributed by atoms with van der Waals surface area (Å²) in [6, 6.07) is 2.04.